The third-order valence-corrected chi connectivity index (χ3v) is 2.33. The van der Waals surface area contributed by atoms with E-state index in [-0.39, 0.29) is 6.61 Å². The van der Waals surface area contributed by atoms with E-state index >= 15 is 0 Å². The number of para-hydroxylation sites is 2. The number of aryl methyl sites for hydroxylation is 1. The lowest BCUT2D eigenvalue weighted by atomic mass is 10.3. The number of imidazole rings is 1. The highest BCUT2D eigenvalue weighted by Crippen LogP contribution is 2.19. The van der Waals surface area contributed by atoms with Gasteiger partial charge in [0.2, 0.25) is 0 Å². The minimum atomic E-state index is -3.13. The molecule has 1 heterocycles. The van der Waals surface area contributed by atoms with Gasteiger partial charge in [-0.25, -0.2) is 4.98 Å². The second kappa shape index (κ2) is 3.83. The molecule has 1 aromatic carbocycles. The predicted octanol–water partition coefficient (Wildman–Crippen LogP) is 2.70. The largest absolute Gasteiger partial charge is 0.353 e. The lowest BCUT2D eigenvalue weighted by Crippen LogP contribution is -2.16. The lowest BCUT2D eigenvalue weighted by molar-refractivity contribution is -0.232. The Morgan fingerprint density at radius 1 is 1.38 bits per heavy atom. The van der Waals surface area contributed by atoms with Crippen molar-refractivity contribution in [1.29, 1.82) is 0 Å². The van der Waals surface area contributed by atoms with E-state index in [9.17, 15) is 8.78 Å². The molecule has 0 N–H and O–H groups in total. The van der Waals surface area contributed by atoms with E-state index in [1.54, 1.807) is 11.6 Å². The molecule has 1 aromatic heterocycles. The third-order valence-electron chi connectivity index (χ3n) is 2.33. The molecule has 16 heavy (non-hydrogen) atoms. The molecule has 3 nitrogen and oxygen atoms in total. The van der Waals surface area contributed by atoms with Crippen molar-refractivity contribution < 1.29 is 13.5 Å². The fraction of sp³-hybridized carbons (Fsp3) is 0.364. The van der Waals surface area contributed by atoms with E-state index in [0.29, 0.717) is 5.82 Å². The maximum Gasteiger partial charge on any atom is 0.353 e. The zero-order valence-electron chi connectivity index (χ0n) is 9.08. The first-order valence-electron chi connectivity index (χ1n) is 4.89. The maximum atomic E-state index is 12.5. The fourth-order valence-electron chi connectivity index (χ4n) is 1.52. The van der Waals surface area contributed by atoms with E-state index in [1.165, 1.54) is 0 Å². The average Bonchev–Trinajstić information content (AvgIpc) is 2.53. The first-order valence-corrected chi connectivity index (χ1v) is 4.89. The Bertz CT molecular complexity index is 502. The first-order chi connectivity index (χ1) is 7.47. The number of nitrogens with zero attached hydrogens (tertiary/aromatic N) is 2. The Balaban J connectivity index is 2.28. The molecule has 0 radical (unpaired) electrons. The number of alkyl halides is 2. The summed E-state index contributed by atoms with van der Waals surface area (Å²) < 4.78 is 31.2. The van der Waals surface area contributed by atoms with Gasteiger partial charge < -0.3 is 9.30 Å². The average molecular weight is 226 g/mol. The molecule has 2 aromatic rings. The number of ether oxygens (including phenoxy) is 1. The first kappa shape index (κ1) is 11.0. The molecule has 0 amide bonds. The van der Waals surface area contributed by atoms with Crippen LogP contribution in [0, 0.1) is 0 Å². The van der Waals surface area contributed by atoms with Gasteiger partial charge in [-0.2, -0.15) is 8.78 Å². The topological polar surface area (TPSA) is 27.1 Å². The smallest absolute Gasteiger partial charge is 0.329 e. The molecule has 0 saturated heterocycles. The second-order valence-corrected chi connectivity index (χ2v) is 3.67. The normalized spacial score (nSPS) is 12.2. The minimum Gasteiger partial charge on any atom is -0.329 e. The summed E-state index contributed by atoms with van der Waals surface area (Å²) >= 11 is 0. The standard InChI is InChI=1S/C11H12F2N2O/c1-11(12,13)16-7-10-14-8-5-3-4-6-9(8)15(10)2/h3-6H,7H2,1-2H3. The Kier molecular flexibility index (Phi) is 2.63. The summed E-state index contributed by atoms with van der Waals surface area (Å²) in [5.41, 5.74) is 1.68. The quantitative estimate of drug-likeness (QED) is 0.804. The van der Waals surface area contributed by atoms with Crippen LogP contribution in [0.5, 0.6) is 0 Å². The molecule has 86 valence electrons. The zero-order chi connectivity index (χ0) is 11.8. The molecule has 0 aliphatic rings. The van der Waals surface area contributed by atoms with Crippen LogP contribution in [-0.2, 0) is 18.4 Å². The number of hydrogen-bond acceptors (Lipinski definition) is 2. The Morgan fingerprint density at radius 3 is 2.69 bits per heavy atom. The van der Waals surface area contributed by atoms with Crippen LogP contribution < -0.4 is 0 Å². The highest BCUT2D eigenvalue weighted by molar-refractivity contribution is 5.75. The third kappa shape index (κ3) is 2.19. The maximum absolute atomic E-state index is 12.5. The molecule has 0 fully saturated rings. The molecule has 2 rings (SSSR count). The van der Waals surface area contributed by atoms with Crippen molar-refractivity contribution in [2.75, 3.05) is 0 Å². The number of rotatable bonds is 3. The number of hydrogen-bond donors (Lipinski definition) is 0. The van der Waals surface area contributed by atoms with Crippen LogP contribution in [0.2, 0.25) is 0 Å². The van der Waals surface area contributed by atoms with Crippen LogP contribution in [0.4, 0.5) is 8.78 Å². The molecular formula is C11H12F2N2O. The Hall–Kier alpha value is -1.49. The van der Waals surface area contributed by atoms with Gasteiger partial charge in [-0.1, -0.05) is 12.1 Å². The molecule has 0 saturated carbocycles. The highest BCUT2D eigenvalue weighted by Gasteiger charge is 2.22. The van der Waals surface area contributed by atoms with Crippen molar-refractivity contribution >= 4 is 11.0 Å². The summed E-state index contributed by atoms with van der Waals surface area (Å²) in [7, 11) is 1.78. The van der Waals surface area contributed by atoms with Crippen molar-refractivity contribution in [2.45, 2.75) is 19.6 Å². The summed E-state index contributed by atoms with van der Waals surface area (Å²) in [5.74, 6) is 0.489. The van der Waals surface area contributed by atoms with Crippen molar-refractivity contribution in [2.24, 2.45) is 7.05 Å². The van der Waals surface area contributed by atoms with Gasteiger partial charge in [0.15, 0.2) is 0 Å². The van der Waals surface area contributed by atoms with Crippen molar-refractivity contribution in [3.05, 3.63) is 30.1 Å². The van der Waals surface area contributed by atoms with Crippen LogP contribution in [0.3, 0.4) is 0 Å². The zero-order valence-corrected chi connectivity index (χ0v) is 9.08. The van der Waals surface area contributed by atoms with Gasteiger partial charge in [-0.05, 0) is 12.1 Å². The van der Waals surface area contributed by atoms with Gasteiger partial charge in [0.1, 0.15) is 12.4 Å². The van der Waals surface area contributed by atoms with Crippen molar-refractivity contribution in [3.63, 3.8) is 0 Å². The summed E-state index contributed by atoms with van der Waals surface area (Å²) in [6.45, 7) is 0.518. The second-order valence-electron chi connectivity index (χ2n) is 3.67. The predicted molar refractivity (Wildman–Crippen MR) is 56.1 cm³/mol. The number of halogens is 2. The highest BCUT2D eigenvalue weighted by atomic mass is 19.3. The molecule has 0 aliphatic carbocycles. The van der Waals surface area contributed by atoms with Crippen LogP contribution in [0.25, 0.3) is 11.0 Å². The molecular weight excluding hydrogens is 214 g/mol. The minimum absolute atomic E-state index is 0.200. The van der Waals surface area contributed by atoms with E-state index in [4.69, 9.17) is 0 Å². The molecule has 0 spiro atoms. The van der Waals surface area contributed by atoms with Crippen LogP contribution in [0.15, 0.2) is 24.3 Å². The summed E-state index contributed by atoms with van der Waals surface area (Å²) in [4.78, 5) is 4.22. The van der Waals surface area contributed by atoms with Gasteiger partial charge in [0.25, 0.3) is 0 Å². The molecule has 0 unspecified atom stereocenters. The summed E-state index contributed by atoms with van der Waals surface area (Å²) in [6.07, 6.45) is -3.13. The monoisotopic (exact) mass is 226 g/mol. The Labute approximate surface area is 91.7 Å². The van der Waals surface area contributed by atoms with E-state index in [1.807, 2.05) is 24.3 Å². The van der Waals surface area contributed by atoms with E-state index < -0.39 is 6.11 Å². The van der Waals surface area contributed by atoms with Gasteiger partial charge >= 0.3 is 6.11 Å². The van der Waals surface area contributed by atoms with Gasteiger partial charge in [0, 0.05) is 14.0 Å². The lowest BCUT2D eigenvalue weighted by Gasteiger charge is -2.10. The van der Waals surface area contributed by atoms with Crippen molar-refractivity contribution in [3.8, 4) is 0 Å². The van der Waals surface area contributed by atoms with Gasteiger partial charge in [0.05, 0.1) is 11.0 Å². The van der Waals surface area contributed by atoms with Gasteiger partial charge in [-0.3, -0.25) is 0 Å². The van der Waals surface area contributed by atoms with Crippen molar-refractivity contribution in [1.82, 2.24) is 9.55 Å². The van der Waals surface area contributed by atoms with Crippen LogP contribution in [0.1, 0.15) is 12.7 Å². The molecule has 0 aliphatic heterocycles. The van der Waals surface area contributed by atoms with E-state index in [2.05, 4.69) is 9.72 Å². The fourth-order valence-corrected chi connectivity index (χ4v) is 1.52. The summed E-state index contributed by atoms with van der Waals surface area (Å²) in [5, 5.41) is 0. The van der Waals surface area contributed by atoms with E-state index in [0.717, 1.165) is 18.0 Å². The van der Waals surface area contributed by atoms with Crippen LogP contribution >= 0.6 is 0 Å². The number of aromatic nitrogens is 2. The molecule has 5 heteroatoms. The van der Waals surface area contributed by atoms with Gasteiger partial charge in [-0.15, -0.1) is 0 Å². The SMILES string of the molecule is Cn1c(COC(C)(F)F)nc2ccccc21. The Morgan fingerprint density at radius 2 is 2.06 bits per heavy atom. The summed E-state index contributed by atoms with van der Waals surface area (Å²) in [6, 6.07) is 7.45. The number of fused-ring (bicyclic) bond motifs is 1. The van der Waals surface area contributed by atoms with Crippen LogP contribution in [-0.4, -0.2) is 15.7 Å². The molecule has 0 atom stereocenters. The number of benzene rings is 1. The molecule has 0 bridgehead atoms.